The summed E-state index contributed by atoms with van der Waals surface area (Å²) in [5, 5.41) is 18.7. The van der Waals surface area contributed by atoms with Gasteiger partial charge in [0, 0.05) is 6.42 Å². The lowest BCUT2D eigenvalue weighted by Gasteiger charge is -2.27. The highest BCUT2D eigenvalue weighted by Gasteiger charge is 2.31. The topological polar surface area (TPSA) is 57.5 Å². The summed E-state index contributed by atoms with van der Waals surface area (Å²) in [5.74, 6) is -0.126. The van der Waals surface area contributed by atoms with E-state index in [0.29, 0.717) is 12.8 Å². The smallest absolute Gasteiger partial charge is 0.165 e. The van der Waals surface area contributed by atoms with E-state index >= 15 is 0 Å². The fraction of sp³-hybridized carbons (Fsp3) is 0.357. The van der Waals surface area contributed by atoms with Crippen molar-refractivity contribution >= 4 is 5.78 Å². The zero-order chi connectivity index (χ0) is 12.4. The normalized spacial score (nSPS) is 27.4. The Balaban J connectivity index is 2.20. The average Bonchev–Trinajstić information content (AvgIpc) is 2.29. The molecule has 1 aromatic carbocycles. The zero-order valence-corrected chi connectivity index (χ0v) is 9.76. The molecule has 0 amide bonds. The maximum absolute atomic E-state index is 11.7. The summed E-state index contributed by atoms with van der Waals surface area (Å²) in [7, 11) is 0. The first kappa shape index (κ1) is 11.9. The van der Waals surface area contributed by atoms with Crippen molar-refractivity contribution < 1.29 is 15.0 Å². The third-order valence-electron chi connectivity index (χ3n) is 3.31. The van der Waals surface area contributed by atoms with Gasteiger partial charge in [0.05, 0.1) is 17.9 Å². The number of rotatable bonds is 1. The number of carbonyl (C=O) groups excluding carboxylic acids is 1. The van der Waals surface area contributed by atoms with Gasteiger partial charge in [-0.25, -0.2) is 0 Å². The molecular formula is C14H16O3. The molecule has 1 saturated carbocycles. The molecule has 0 heterocycles. The van der Waals surface area contributed by atoms with Gasteiger partial charge in [-0.05, 0) is 24.8 Å². The van der Waals surface area contributed by atoms with E-state index < -0.39 is 6.10 Å². The summed E-state index contributed by atoms with van der Waals surface area (Å²) in [6, 6.07) is 7.99. The van der Waals surface area contributed by atoms with Crippen LogP contribution in [0.25, 0.3) is 0 Å². The van der Waals surface area contributed by atoms with Gasteiger partial charge in [0.1, 0.15) is 0 Å². The van der Waals surface area contributed by atoms with Crippen molar-refractivity contribution in [3.05, 3.63) is 47.2 Å². The van der Waals surface area contributed by atoms with Crippen LogP contribution in [0, 0.1) is 6.92 Å². The highest BCUT2D eigenvalue weighted by Crippen LogP contribution is 2.33. The first-order valence-corrected chi connectivity index (χ1v) is 5.74. The molecule has 1 aliphatic rings. The van der Waals surface area contributed by atoms with E-state index in [1.165, 1.54) is 5.56 Å². The molecular weight excluding hydrogens is 216 g/mol. The van der Waals surface area contributed by atoms with E-state index in [1.54, 1.807) is 0 Å². The number of carbonyl (C=O) groups is 1. The Morgan fingerprint density at radius 2 is 1.94 bits per heavy atom. The van der Waals surface area contributed by atoms with Crippen LogP contribution >= 0.6 is 0 Å². The van der Waals surface area contributed by atoms with Gasteiger partial charge in [0.2, 0.25) is 0 Å². The van der Waals surface area contributed by atoms with Crippen LogP contribution in [0.3, 0.4) is 0 Å². The lowest BCUT2D eigenvalue weighted by atomic mass is 9.79. The number of aliphatic hydroxyl groups is 2. The molecule has 90 valence electrons. The van der Waals surface area contributed by atoms with Crippen LogP contribution in [-0.2, 0) is 4.79 Å². The molecule has 1 aliphatic carbocycles. The fourth-order valence-corrected chi connectivity index (χ4v) is 2.26. The van der Waals surface area contributed by atoms with Crippen LogP contribution < -0.4 is 0 Å². The van der Waals surface area contributed by atoms with E-state index in [4.69, 9.17) is 5.11 Å². The van der Waals surface area contributed by atoms with Crippen LogP contribution in [0.15, 0.2) is 36.1 Å². The first-order chi connectivity index (χ1) is 8.11. The monoisotopic (exact) mass is 232 g/mol. The summed E-state index contributed by atoms with van der Waals surface area (Å²) in [6.07, 6.45) is 0.721. The fourth-order valence-electron chi connectivity index (χ4n) is 2.26. The molecule has 17 heavy (non-hydrogen) atoms. The van der Waals surface area contributed by atoms with Crippen molar-refractivity contribution in [2.75, 3.05) is 0 Å². The Morgan fingerprint density at radius 1 is 1.29 bits per heavy atom. The van der Waals surface area contributed by atoms with Gasteiger partial charge >= 0.3 is 0 Å². The van der Waals surface area contributed by atoms with Crippen molar-refractivity contribution in [3.8, 4) is 0 Å². The van der Waals surface area contributed by atoms with Gasteiger partial charge in [0.15, 0.2) is 5.78 Å². The molecule has 2 rings (SSSR count). The van der Waals surface area contributed by atoms with E-state index in [0.717, 1.165) is 11.8 Å². The third kappa shape index (κ3) is 2.39. The van der Waals surface area contributed by atoms with Gasteiger partial charge in [-0.2, -0.15) is 0 Å². The molecule has 2 unspecified atom stereocenters. The summed E-state index contributed by atoms with van der Waals surface area (Å²) >= 11 is 0. The lowest BCUT2D eigenvalue weighted by molar-refractivity contribution is -0.118. The van der Waals surface area contributed by atoms with Crippen LogP contribution in [-0.4, -0.2) is 22.1 Å². The number of aryl methyl sites for hydroxylation is 1. The number of ketones is 1. The minimum Gasteiger partial charge on any atom is -0.515 e. The Hall–Kier alpha value is -1.61. The van der Waals surface area contributed by atoms with Crippen molar-refractivity contribution in [1.29, 1.82) is 0 Å². The van der Waals surface area contributed by atoms with Crippen molar-refractivity contribution in [1.82, 2.24) is 0 Å². The van der Waals surface area contributed by atoms with Crippen LogP contribution in [0.2, 0.25) is 0 Å². The number of Topliss-reactive ketones (excluding diaryl/α,β-unsaturated/α-hetero) is 1. The van der Waals surface area contributed by atoms with Crippen LogP contribution in [0.5, 0.6) is 0 Å². The average molecular weight is 232 g/mol. The minimum absolute atomic E-state index is 0.0433. The second-order valence-corrected chi connectivity index (χ2v) is 4.57. The van der Waals surface area contributed by atoms with Gasteiger partial charge < -0.3 is 10.2 Å². The standard InChI is InChI=1S/C14H16O3/c1-9-2-4-10(5-3-9)11-6-13(16)12(8-15)14(17)7-11/h2-5,8,11,13,15-16H,6-7H2,1H3/b12-8+. The molecule has 2 N–H and O–H groups in total. The number of hydrogen-bond acceptors (Lipinski definition) is 3. The molecule has 0 aromatic heterocycles. The highest BCUT2D eigenvalue weighted by atomic mass is 16.3. The number of hydrogen-bond donors (Lipinski definition) is 2. The molecule has 1 fully saturated rings. The molecule has 3 nitrogen and oxygen atoms in total. The maximum Gasteiger partial charge on any atom is 0.165 e. The predicted molar refractivity (Wildman–Crippen MR) is 64.9 cm³/mol. The first-order valence-electron chi connectivity index (χ1n) is 5.74. The SMILES string of the molecule is Cc1ccc(C2CC(=O)/C(=C/O)C(O)C2)cc1. The Bertz CT molecular complexity index is 445. The molecule has 0 spiro atoms. The van der Waals surface area contributed by atoms with Crippen LogP contribution in [0.1, 0.15) is 29.9 Å². The summed E-state index contributed by atoms with van der Waals surface area (Å²) in [6.45, 7) is 2.01. The molecule has 0 bridgehead atoms. The Labute approximate surface area is 100 Å². The minimum atomic E-state index is -0.854. The van der Waals surface area contributed by atoms with Gasteiger partial charge in [-0.3, -0.25) is 4.79 Å². The zero-order valence-electron chi connectivity index (χ0n) is 9.76. The molecule has 0 radical (unpaired) electrons. The Morgan fingerprint density at radius 3 is 2.47 bits per heavy atom. The summed E-state index contributed by atoms with van der Waals surface area (Å²) < 4.78 is 0. The van der Waals surface area contributed by atoms with E-state index in [9.17, 15) is 9.90 Å². The van der Waals surface area contributed by atoms with Gasteiger partial charge in [-0.15, -0.1) is 0 Å². The largest absolute Gasteiger partial charge is 0.515 e. The molecule has 0 aliphatic heterocycles. The van der Waals surface area contributed by atoms with Crippen molar-refractivity contribution in [3.63, 3.8) is 0 Å². The van der Waals surface area contributed by atoms with Gasteiger partial charge in [-0.1, -0.05) is 29.8 Å². The summed E-state index contributed by atoms with van der Waals surface area (Å²) in [4.78, 5) is 11.7. The van der Waals surface area contributed by atoms with Crippen LogP contribution in [0.4, 0.5) is 0 Å². The maximum atomic E-state index is 11.7. The highest BCUT2D eigenvalue weighted by molar-refractivity contribution is 5.97. The molecule has 3 heteroatoms. The lowest BCUT2D eigenvalue weighted by Crippen LogP contribution is -2.28. The quantitative estimate of drug-likeness (QED) is 0.576. The number of benzene rings is 1. The van der Waals surface area contributed by atoms with E-state index in [-0.39, 0.29) is 17.3 Å². The van der Waals surface area contributed by atoms with E-state index in [2.05, 4.69) is 0 Å². The van der Waals surface area contributed by atoms with Gasteiger partial charge in [0.25, 0.3) is 0 Å². The molecule has 0 saturated heterocycles. The summed E-state index contributed by atoms with van der Waals surface area (Å²) in [5.41, 5.74) is 2.38. The second kappa shape index (κ2) is 4.72. The Kier molecular flexibility index (Phi) is 3.29. The predicted octanol–water partition coefficient (Wildman–Crippen LogP) is 2.24. The third-order valence-corrected chi connectivity index (χ3v) is 3.31. The van der Waals surface area contributed by atoms with E-state index in [1.807, 2.05) is 31.2 Å². The van der Waals surface area contributed by atoms with Crippen molar-refractivity contribution in [2.45, 2.75) is 31.8 Å². The van der Waals surface area contributed by atoms with Crippen molar-refractivity contribution in [2.24, 2.45) is 0 Å². The molecule has 2 atom stereocenters. The molecule has 1 aromatic rings. The second-order valence-electron chi connectivity index (χ2n) is 4.57. The number of aliphatic hydroxyl groups excluding tert-OH is 2.